The molecule has 1 aromatic heterocycles. The van der Waals surface area contributed by atoms with Crippen molar-refractivity contribution >= 4 is 17.6 Å². The van der Waals surface area contributed by atoms with Crippen LogP contribution in [0.3, 0.4) is 0 Å². The minimum atomic E-state index is -1.01. The second-order valence-corrected chi connectivity index (χ2v) is 2.36. The fraction of sp³-hybridized carbons (Fsp3) is 0.333. The van der Waals surface area contributed by atoms with E-state index in [2.05, 4.69) is 5.10 Å². The summed E-state index contributed by atoms with van der Waals surface area (Å²) in [7, 11) is 0. The van der Waals surface area contributed by atoms with Gasteiger partial charge in [-0.15, -0.1) is 0 Å². The van der Waals surface area contributed by atoms with Crippen LogP contribution in [0.5, 0.6) is 0 Å². The third kappa shape index (κ3) is 1.51. The molecule has 0 radical (unpaired) electrons. The van der Waals surface area contributed by atoms with E-state index >= 15 is 0 Å². The van der Waals surface area contributed by atoms with Gasteiger partial charge in [0.25, 0.3) is 0 Å². The van der Waals surface area contributed by atoms with Crippen molar-refractivity contribution in [2.24, 2.45) is 0 Å². The molecule has 0 bridgehead atoms. The van der Waals surface area contributed by atoms with Crippen molar-refractivity contribution in [2.45, 2.75) is 13.5 Å². The van der Waals surface area contributed by atoms with Crippen LogP contribution in [0.2, 0.25) is 5.15 Å². The number of carboxylic acid groups (broad SMARTS) is 1. The Morgan fingerprint density at radius 1 is 1.91 bits per heavy atom. The fourth-order valence-electron chi connectivity index (χ4n) is 0.799. The van der Waals surface area contributed by atoms with Crippen LogP contribution in [0.4, 0.5) is 0 Å². The molecule has 5 heteroatoms. The molecule has 1 N–H and O–H groups in total. The minimum Gasteiger partial charge on any atom is -0.477 e. The lowest BCUT2D eigenvalue weighted by molar-refractivity contribution is 0.0683. The van der Waals surface area contributed by atoms with E-state index in [1.165, 1.54) is 10.7 Å². The Hall–Kier alpha value is -1.03. The molecule has 0 amide bonds. The van der Waals surface area contributed by atoms with Crippen molar-refractivity contribution in [1.82, 2.24) is 9.78 Å². The van der Waals surface area contributed by atoms with Crippen LogP contribution in [0, 0.1) is 0 Å². The summed E-state index contributed by atoms with van der Waals surface area (Å²) in [4.78, 5) is 10.5. The molecule has 0 saturated heterocycles. The Kier molecular flexibility index (Phi) is 2.14. The molecule has 60 valence electrons. The second-order valence-electron chi connectivity index (χ2n) is 1.97. The Morgan fingerprint density at radius 2 is 2.55 bits per heavy atom. The molecule has 1 aromatic rings. The Morgan fingerprint density at radius 3 is 2.91 bits per heavy atom. The summed E-state index contributed by atoms with van der Waals surface area (Å²) in [6.07, 6.45) is 0. The van der Waals surface area contributed by atoms with E-state index in [4.69, 9.17) is 16.7 Å². The van der Waals surface area contributed by atoms with Crippen molar-refractivity contribution in [3.63, 3.8) is 0 Å². The highest BCUT2D eigenvalue weighted by Gasteiger charge is 2.10. The van der Waals surface area contributed by atoms with Gasteiger partial charge in [-0.2, -0.15) is 5.10 Å². The van der Waals surface area contributed by atoms with E-state index in [1.54, 1.807) is 6.92 Å². The molecule has 0 unspecified atom stereocenters. The predicted octanol–water partition coefficient (Wildman–Crippen LogP) is 1.25. The first-order valence-electron chi connectivity index (χ1n) is 3.11. The first-order chi connectivity index (χ1) is 5.15. The van der Waals surface area contributed by atoms with E-state index in [1.807, 2.05) is 0 Å². The molecule has 0 saturated carbocycles. The van der Waals surface area contributed by atoms with Gasteiger partial charge in [-0.3, -0.25) is 4.68 Å². The first kappa shape index (κ1) is 8.07. The third-order valence-corrected chi connectivity index (χ3v) is 1.45. The van der Waals surface area contributed by atoms with Gasteiger partial charge in [-0.05, 0) is 6.92 Å². The van der Waals surface area contributed by atoms with Crippen LogP contribution < -0.4 is 0 Å². The van der Waals surface area contributed by atoms with Gasteiger partial charge >= 0.3 is 5.97 Å². The van der Waals surface area contributed by atoms with Crippen molar-refractivity contribution in [3.8, 4) is 0 Å². The highest BCUT2D eigenvalue weighted by atomic mass is 35.5. The predicted molar refractivity (Wildman–Crippen MR) is 39.9 cm³/mol. The number of rotatable bonds is 2. The second kappa shape index (κ2) is 2.92. The normalized spacial score (nSPS) is 10.0. The zero-order valence-electron chi connectivity index (χ0n) is 5.91. The number of hydrogen-bond donors (Lipinski definition) is 1. The molecule has 11 heavy (non-hydrogen) atoms. The molecule has 0 spiro atoms. The molecule has 0 fully saturated rings. The summed E-state index contributed by atoms with van der Waals surface area (Å²) in [5, 5.41) is 12.6. The van der Waals surface area contributed by atoms with Gasteiger partial charge in [-0.25, -0.2) is 4.79 Å². The fourth-order valence-corrected chi connectivity index (χ4v) is 0.993. The largest absolute Gasteiger partial charge is 0.477 e. The lowest BCUT2D eigenvalue weighted by Crippen LogP contribution is -2.07. The van der Waals surface area contributed by atoms with Crippen LogP contribution in [-0.4, -0.2) is 20.9 Å². The smallest absolute Gasteiger partial charge is 0.354 e. The van der Waals surface area contributed by atoms with Crippen LogP contribution >= 0.6 is 11.6 Å². The molecule has 4 nitrogen and oxygen atoms in total. The van der Waals surface area contributed by atoms with Gasteiger partial charge in [0.05, 0.1) is 0 Å². The average Bonchev–Trinajstić information content (AvgIpc) is 2.30. The number of nitrogens with zero attached hydrogens (tertiary/aromatic N) is 2. The van der Waals surface area contributed by atoms with E-state index in [0.29, 0.717) is 6.54 Å². The Labute approximate surface area is 68.4 Å². The molecular weight excluding hydrogens is 168 g/mol. The van der Waals surface area contributed by atoms with Gasteiger partial charge in [0.1, 0.15) is 5.69 Å². The summed E-state index contributed by atoms with van der Waals surface area (Å²) in [5.41, 5.74) is 0.123. The Bertz CT molecular complexity index is 282. The summed E-state index contributed by atoms with van der Waals surface area (Å²) in [6.45, 7) is 2.31. The highest BCUT2D eigenvalue weighted by molar-refractivity contribution is 6.29. The van der Waals surface area contributed by atoms with Gasteiger partial charge in [0, 0.05) is 12.6 Å². The minimum absolute atomic E-state index is 0.123. The molecule has 0 aliphatic heterocycles. The van der Waals surface area contributed by atoms with Crippen molar-refractivity contribution < 1.29 is 9.90 Å². The van der Waals surface area contributed by atoms with E-state index in [-0.39, 0.29) is 10.8 Å². The standard InChI is InChI=1S/C6H7ClN2O2/c1-2-9-4(6(10)11)3-5(7)8-9/h3H,2H2,1H3,(H,10,11). The zero-order chi connectivity index (χ0) is 8.43. The van der Waals surface area contributed by atoms with Crippen molar-refractivity contribution in [2.75, 3.05) is 0 Å². The number of carbonyl (C=O) groups is 1. The van der Waals surface area contributed by atoms with Crippen molar-refractivity contribution in [3.05, 3.63) is 16.9 Å². The number of carboxylic acids is 1. The number of hydrogen-bond acceptors (Lipinski definition) is 2. The van der Waals surface area contributed by atoms with E-state index in [9.17, 15) is 4.79 Å². The average molecular weight is 175 g/mol. The topological polar surface area (TPSA) is 55.1 Å². The maximum atomic E-state index is 10.5. The summed E-state index contributed by atoms with van der Waals surface area (Å²) < 4.78 is 1.34. The summed E-state index contributed by atoms with van der Waals surface area (Å²) >= 11 is 5.49. The van der Waals surface area contributed by atoms with Crippen LogP contribution in [0.15, 0.2) is 6.07 Å². The van der Waals surface area contributed by atoms with Gasteiger partial charge in [0.2, 0.25) is 0 Å². The highest BCUT2D eigenvalue weighted by Crippen LogP contribution is 2.09. The quantitative estimate of drug-likeness (QED) is 0.734. The van der Waals surface area contributed by atoms with Gasteiger partial charge in [0.15, 0.2) is 5.15 Å². The van der Waals surface area contributed by atoms with Crippen LogP contribution in [0.1, 0.15) is 17.4 Å². The van der Waals surface area contributed by atoms with Crippen LogP contribution in [-0.2, 0) is 6.54 Å². The molecule has 0 aliphatic carbocycles. The molecule has 1 rings (SSSR count). The maximum Gasteiger partial charge on any atom is 0.354 e. The lowest BCUT2D eigenvalue weighted by atomic mass is 10.4. The van der Waals surface area contributed by atoms with E-state index in [0.717, 1.165) is 0 Å². The molecule has 0 aromatic carbocycles. The zero-order valence-corrected chi connectivity index (χ0v) is 6.67. The number of halogens is 1. The third-order valence-electron chi connectivity index (χ3n) is 1.27. The van der Waals surface area contributed by atoms with Gasteiger partial charge in [-0.1, -0.05) is 11.6 Å². The molecule has 0 aliphatic rings. The van der Waals surface area contributed by atoms with Crippen LogP contribution in [0.25, 0.3) is 0 Å². The number of aromatic carboxylic acids is 1. The summed E-state index contributed by atoms with van der Waals surface area (Å²) in [5.74, 6) is -1.01. The van der Waals surface area contributed by atoms with E-state index < -0.39 is 5.97 Å². The molecule has 0 atom stereocenters. The first-order valence-corrected chi connectivity index (χ1v) is 3.49. The van der Waals surface area contributed by atoms with Gasteiger partial charge < -0.3 is 5.11 Å². The van der Waals surface area contributed by atoms with Crippen molar-refractivity contribution in [1.29, 1.82) is 0 Å². The lowest BCUT2D eigenvalue weighted by Gasteiger charge is -1.96. The monoisotopic (exact) mass is 174 g/mol. The summed E-state index contributed by atoms with van der Waals surface area (Å²) in [6, 6.07) is 1.33. The Balaban J connectivity index is 3.12. The maximum absolute atomic E-state index is 10.5. The molecular formula is C6H7ClN2O2. The number of aromatic nitrogens is 2. The molecule has 1 heterocycles. The number of aryl methyl sites for hydroxylation is 1. The SMILES string of the molecule is CCn1nc(Cl)cc1C(=O)O.